The highest BCUT2D eigenvalue weighted by atomic mass is 35.5. The van der Waals surface area contributed by atoms with E-state index < -0.39 is 4.33 Å². The molecule has 0 nitrogen and oxygen atoms in total. The van der Waals surface area contributed by atoms with Crippen molar-refractivity contribution < 1.29 is 0 Å². The molecule has 3 heteroatoms. The van der Waals surface area contributed by atoms with Crippen LogP contribution in [0.2, 0.25) is 5.02 Å². The molecule has 0 bridgehead atoms. The van der Waals surface area contributed by atoms with Crippen molar-refractivity contribution >= 4 is 34.8 Å². The standard InChI is InChI=1S/C13H9Cl3/c14-12-9-5-4-8-11(12)13(15,16)10-6-2-1-3-7-10/h1-9H. The maximum Gasteiger partial charge on any atom is 0.169 e. The van der Waals surface area contributed by atoms with Crippen LogP contribution in [0.3, 0.4) is 0 Å². The minimum Gasteiger partial charge on any atom is -0.0909 e. The molecule has 0 aliphatic carbocycles. The van der Waals surface area contributed by atoms with Gasteiger partial charge in [-0.1, -0.05) is 83.3 Å². The predicted octanol–water partition coefficient (Wildman–Crippen LogP) is 5.02. The minimum absolute atomic E-state index is 0.566. The van der Waals surface area contributed by atoms with Gasteiger partial charge in [0.15, 0.2) is 4.33 Å². The molecule has 0 saturated carbocycles. The highest BCUT2D eigenvalue weighted by Gasteiger charge is 2.30. The van der Waals surface area contributed by atoms with Crippen LogP contribution >= 0.6 is 34.8 Å². The van der Waals surface area contributed by atoms with E-state index >= 15 is 0 Å². The summed E-state index contributed by atoms with van der Waals surface area (Å²) in [7, 11) is 0. The largest absolute Gasteiger partial charge is 0.169 e. The molecule has 0 unspecified atom stereocenters. The van der Waals surface area contributed by atoms with Crippen molar-refractivity contribution in [2.24, 2.45) is 0 Å². The lowest BCUT2D eigenvalue weighted by atomic mass is 10.0. The zero-order valence-corrected chi connectivity index (χ0v) is 10.6. The average molecular weight is 272 g/mol. The van der Waals surface area contributed by atoms with Crippen LogP contribution < -0.4 is 0 Å². The summed E-state index contributed by atoms with van der Waals surface area (Å²) in [6.07, 6.45) is 0. The van der Waals surface area contributed by atoms with Crippen molar-refractivity contribution in [3.63, 3.8) is 0 Å². The summed E-state index contributed by atoms with van der Waals surface area (Å²) >= 11 is 18.8. The quantitative estimate of drug-likeness (QED) is 0.673. The van der Waals surface area contributed by atoms with Gasteiger partial charge in [0.2, 0.25) is 0 Å². The van der Waals surface area contributed by atoms with Crippen LogP contribution in [-0.4, -0.2) is 0 Å². The summed E-state index contributed by atoms with van der Waals surface area (Å²) in [5, 5.41) is 0.566. The molecule has 2 aromatic carbocycles. The summed E-state index contributed by atoms with van der Waals surface area (Å²) in [5.74, 6) is 0. The SMILES string of the molecule is Clc1ccccc1C(Cl)(Cl)c1ccccc1. The highest BCUT2D eigenvalue weighted by Crippen LogP contribution is 2.43. The lowest BCUT2D eigenvalue weighted by Crippen LogP contribution is -2.12. The third-order valence-corrected chi connectivity index (χ3v) is 3.52. The summed E-state index contributed by atoms with van der Waals surface area (Å²) in [5.41, 5.74) is 1.51. The van der Waals surface area contributed by atoms with E-state index in [1.165, 1.54) is 0 Å². The molecule has 0 spiro atoms. The molecule has 16 heavy (non-hydrogen) atoms. The van der Waals surface area contributed by atoms with Crippen LogP contribution in [0, 0.1) is 0 Å². The smallest absolute Gasteiger partial charge is 0.0909 e. The third-order valence-electron chi connectivity index (χ3n) is 2.35. The van der Waals surface area contributed by atoms with E-state index in [-0.39, 0.29) is 0 Å². The average Bonchev–Trinajstić information content (AvgIpc) is 2.30. The van der Waals surface area contributed by atoms with E-state index in [4.69, 9.17) is 34.8 Å². The fourth-order valence-electron chi connectivity index (χ4n) is 1.52. The van der Waals surface area contributed by atoms with Crippen molar-refractivity contribution in [3.8, 4) is 0 Å². The van der Waals surface area contributed by atoms with Crippen LogP contribution in [0.1, 0.15) is 11.1 Å². The second kappa shape index (κ2) is 4.67. The molecule has 0 N–H and O–H groups in total. The fraction of sp³-hybridized carbons (Fsp3) is 0.0769. The van der Waals surface area contributed by atoms with Crippen molar-refractivity contribution in [2.45, 2.75) is 4.33 Å². The van der Waals surface area contributed by atoms with Crippen molar-refractivity contribution in [1.29, 1.82) is 0 Å². The molecule has 0 heterocycles. The summed E-state index contributed by atoms with van der Waals surface area (Å²) in [6.45, 7) is 0. The number of rotatable bonds is 2. The van der Waals surface area contributed by atoms with Gasteiger partial charge in [-0.15, -0.1) is 0 Å². The lowest BCUT2D eigenvalue weighted by molar-refractivity contribution is 1.04. The molecular weight excluding hydrogens is 263 g/mol. The van der Waals surface area contributed by atoms with Crippen LogP contribution in [0.25, 0.3) is 0 Å². The van der Waals surface area contributed by atoms with Gasteiger partial charge in [0.1, 0.15) is 0 Å². The summed E-state index contributed by atoms with van der Waals surface area (Å²) in [6, 6.07) is 16.8. The molecule has 2 aromatic rings. The molecule has 0 radical (unpaired) electrons. The van der Waals surface area contributed by atoms with Crippen LogP contribution in [0.4, 0.5) is 0 Å². The Bertz CT molecular complexity index is 478. The minimum atomic E-state index is -1.11. The van der Waals surface area contributed by atoms with E-state index in [0.29, 0.717) is 10.6 Å². The van der Waals surface area contributed by atoms with Gasteiger partial charge in [0, 0.05) is 10.6 Å². The third kappa shape index (κ3) is 2.20. The van der Waals surface area contributed by atoms with Crippen LogP contribution in [-0.2, 0) is 4.33 Å². The predicted molar refractivity (Wildman–Crippen MR) is 70.4 cm³/mol. The van der Waals surface area contributed by atoms with E-state index in [1.54, 1.807) is 6.07 Å². The van der Waals surface area contributed by atoms with Gasteiger partial charge in [-0.3, -0.25) is 0 Å². The van der Waals surface area contributed by atoms with Gasteiger partial charge in [0.25, 0.3) is 0 Å². The first kappa shape index (κ1) is 11.8. The van der Waals surface area contributed by atoms with Crippen molar-refractivity contribution in [2.75, 3.05) is 0 Å². The molecule has 0 atom stereocenters. The monoisotopic (exact) mass is 270 g/mol. The fourth-order valence-corrected chi connectivity index (χ4v) is 2.47. The van der Waals surface area contributed by atoms with Gasteiger partial charge < -0.3 is 0 Å². The topological polar surface area (TPSA) is 0 Å². The molecule has 0 saturated heterocycles. The van der Waals surface area contributed by atoms with Crippen molar-refractivity contribution in [1.82, 2.24) is 0 Å². The van der Waals surface area contributed by atoms with Crippen LogP contribution in [0.5, 0.6) is 0 Å². The Labute approximate surface area is 110 Å². The van der Waals surface area contributed by atoms with Crippen LogP contribution in [0.15, 0.2) is 54.6 Å². The zero-order chi connectivity index (χ0) is 11.6. The van der Waals surface area contributed by atoms with E-state index in [1.807, 2.05) is 48.5 Å². The maximum atomic E-state index is 6.37. The highest BCUT2D eigenvalue weighted by molar-refractivity contribution is 6.51. The van der Waals surface area contributed by atoms with Gasteiger partial charge in [-0.25, -0.2) is 0 Å². The Morgan fingerprint density at radius 3 is 1.94 bits per heavy atom. The molecule has 2 rings (SSSR count). The Balaban J connectivity index is 2.51. The molecule has 0 aliphatic rings. The number of hydrogen-bond donors (Lipinski definition) is 0. The first-order chi connectivity index (χ1) is 7.62. The van der Waals surface area contributed by atoms with Gasteiger partial charge in [0.05, 0.1) is 0 Å². The first-order valence-corrected chi connectivity index (χ1v) is 5.94. The molecular formula is C13H9Cl3. The Morgan fingerprint density at radius 1 is 0.750 bits per heavy atom. The Hall–Kier alpha value is -0.690. The second-order valence-electron chi connectivity index (χ2n) is 3.42. The molecule has 82 valence electrons. The lowest BCUT2D eigenvalue weighted by Gasteiger charge is -2.21. The Kier molecular flexibility index (Phi) is 3.44. The molecule has 0 aliphatic heterocycles. The van der Waals surface area contributed by atoms with Crippen molar-refractivity contribution in [3.05, 3.63) is 70.7 Å². The summed E-state index contributed by atoms with van der Waals surface area (Å²) in [4.78, 5) is 0. The first-order valence-electron chi connectivity index (χ1n) is 4.80. The number of alkyl halides is 2. The van der Waals surface area contributed by atoms with Gasteiger partial charge >= 0.3 is 0 Å². The van der Waals surface area contributed by atoms with E-state index in [0.717, 1.165) is 5.56 Å². The zero-order valence-electron chi connectivity index (χ0n) is 8.33. The summed E-state index contributed by atoms with van der Waals surface area (Å²) < 4.78 is -1.11. The molecule has 0 aromatic heterocycles. The van der Waals surface area contributed by atoms with E-state index in [9.17, 15) is 0 Å². The second-order valence-corrected chi connectivity index (χ2v) is 5.15. The van der Waals surface area contributed by atoms with Gasteiger partial charge in [-0.2, -0.15) is 0 Å². The Morgan fingerprint density at radius 2 is 1.31 bits per heavy atom. The number of benzene rings is 2. The van der Waals surface area contributed by atoms with E-state index in [2.05, 4.69) is 0 Å². The molecule has 0 amide bonds. The van der Waals surface area contributed by atoms with Gasteiger partial charge in [-0.05, 0) is 11.6 Å². The normalized spacial score (nSPS) is 11.4. The number of hydrogen-bond acceptors (Lipinski definition) is 0. The molecule has 0 fully saturated rings. The maximum absolute atomic E-state index is 6.37. The number of halogens is 3.